The van der Waals surface area contributed by atoms with Gasteiger partial charge in [0.15, 0.2) is 5.96 Å². The van der Waals surface area contributed by atoms with Crippen molar-refractivity contribution < 1.29 is 0 Å². The second-order valence-corrected chi connectivity index (χ2v) is 5.62. The van der Waals surface area contributed by atoms with Gasteiger partial charge in [-0.15, -0.1) is 35.3 Å². The summed E-state index contributed by atoms with van der Waals surface area (Å²) in [6, 6.07) is 0. The van der Waals surface area contributed by atoms with Crippen molar-refractivity contribution >= 4 is 41.3 Å². The molecule has 102 valence electrons. The second kappa shape index (κ2) is 7.28. The number of aliphatic imine (C=N–C) groups is 1. The van der Waals surface area contributed by atoms with Gasteiger partial charge >= 0.3 is 0 Å². The van der Waals surface area contributed by atoms with Gasteiger partial charge in [0.2, 0.25) is 0 Å². The number of guanidine groups is 1. The number of aryl methyl sites for hydroxylation is 2. The largest absolute Gasteiger partial charge is 0.351 e. The highest BCUT2D eigenvalue weighted by molar-refractivity contribution is 14.0. The highest BCUT2D eigenvalue weighted by Crippen LogP contribution is 2.17. The predicted octanol–water partition coefficient (Wildman–Crippen LogP) is 2.55. The topological polar surface area (TPSA) is 40.5 Å². The third-order valence-corrected chi connectivity index (χ3v) is 4.10. The van der Waals surface area contributed by atoms with E-state index in [1.165, 1.54) is 17.7 Å². The van der Waals surface area contributed by atoms with Crippen molar-refractivity contribution in [3.63, 3.8) is 0 Å². The molecule has 0 unspecified atom stereocenters. The van der Waals surface area contributed by atoms with Crippen molar-refractivity contribution in [3.8, 4) is 0 Å². The molecule has 1 saturated heterocycles. The molecule has 4 nitrogen and oxygen atoms in total. The van der Waals surface area contributed by atoms with E-state index in [4.69, 9.17) is 0 Å². The third kappa shape index (κ3) is 3.81. The van der Waals surface area contributed by atoms with Crippen LogP contribution in [0.3, 0.4) is 0 Å². The number of nitrogens with zero attached hydrogens (tertiary/aromatic N) is 3. The average molecular weight is 380 g/mol. The summed E-state index contributed by atoms with van der Waals surface area (Å²) < 4.78 is 0. The summed E-state index contributed by atoms with van der Waals surface area (Å²) in [5.74, 6) is 1.02. The van der Waals surface area contributed by atoms with Crippen LogP contribution in [0.1, 0.15) is 28.4 Å². The Bertz CT molecular complexity index is 410. The molecule has 6 heteroatoms. The first-order chi connectivity index (χ1) is 8.20. The fourth-order valence-electron chi connectivity index (χ4n) is 2.16. The molecule has 1 aliphatic heterocycles. The smallest absolute Gasteiger partial charge is 0.193 e. The average Bonchev–Trinajstić information content (AvgIpc) is 2.90. The Kier molecular flexibility index (Phi) is 6.34. The SMILES string of the molecule is CN=C(NCc1sc(C)nc1C)N1CCCC1.I. The van der Waals surface area contributed by atoms with Crippen molar-refractivity contribution in [2.45, 2.75) is 33.2 Å². The summed E-state index contributed by atoms with van der Waals surface area (Å²) in [6.45, 7) is 7.21. The molecule has 0 radical (unpaired) electrons. The lowest BCUT2D eigenvalue weighted by Crippen LogP contribution is -2.39. The molecular weight excluding hydrogens is 359 g/mol. The Morgan fingerprint density at radius 3 is 2.56 bits per heavy atom. The van der Waals surface area contributed by atoms with Crippen molar-refractivity contribution in [1.29, 1.82) is 0 Å². The fraction of sp³-hybridized carbons (Fsp3) is 0.667. The van der Waals surface area contributed by atoms with Crippen LogP contribution in [-0.2, 0) is 6.54 Å². The number of thiazole rings is 1. The van der Waals surface area contributed by atoms with Crippen molar-refractivity contribution in [2.24, 2.45) is 4.99 Å². The molecular formula is C12H21IN4S. The molecule has 18 heavy (non-hydrogen) atoms. The van der Waals surface area contributed by atoms with Gasteiger partial charge in [0, 0.05) is 25.0 Å². The van der Waals surface area contributed by atoms with Gasteiger partial charge in [-0.3, -0.25) is 4.99 Å². The molecule has 1 aromatic rings. The summed E-state index contributed by atoms with van der Waals surface area (Å²) in [5.41, 5.74) is 1.14. The van der Waals surface area contributed by atoms with Crippen LogP contribution in [-0.4, -0.2) is 36.0 Å². The van der Waals surface area contributed by atoms with E-state index in [0.717, 1.165) is 36.3 Å². The fourth-order valence-corrected chi connectivity index (χ4v) is 3.03. The lowest BCUT2D eigenvalue weighted by Gasteiger charge is -2.20. The molecule has 0 bridgehead atoms. The molecule has 1 N–H and O–H groups in total. The Balaban J connectivity index is 0.00000162. The second-order valence-electron chi connectivity index (χ2n) is 4.34. The summed E-state index contributed by atoms with van der Waals surface area (Å²) in [5, 5.41) is 4.56. The van der Waals surface area contributed by atoms with E-state index in [2.05, 4.69) is 34.0 Å². The van der Waals surface area contributed by atoms with Crippen LogP contribution in [0, 0.1) is 13.8 Å². The van der Waals surface area contributed by atoms with Gasteiger partial charge in [-0.1, -0.05) is 0 Å². The maximum atomic E-state index is 4.44. The zero-order chi connectivity index (χ0) is 12.3. The summed E-state index contributed by atoms with van der Waals surface area (Å²) >= 11 is 1.76. The van der Waals surface area contributed by atoms with Gasteiger partial charge in [0.1, 0.15) is 0 Å². The van der Waals surface area contributed by atoms with E-state index in [0.29, 0.717) is 0 Å². The van der Waals surface area contributed by atoms with Gasteiger partial charge in [-0.25, -0.2) is 4.98 Å². The first kappa shape index (κ1) is 15.7. The molecule has 0 aromatic carbocycles. The number of hydrogen-bond donors (Lipinski definition) is 1. The van der Waals surface area contributed by atoms with Crippen LogP contribution in [0.2, 0.25) is 0 Å². The molecule has 0 atom stereocenters. The first-order valence-electron chi connectivity index (χ1n) is 6.09. The molecule has 2 heterocycles. The zero-order valence-corrected chi connectivity index (χ0v) is 14.3. The van der Waals surface area contributed by atoms with E-state index in [1.807, 2.05) is 7.05 Å². The number of halogens is 1. The van der Waals surface area contributed by atoms with E-state index in [-0.39, 0.29) is 24.0 Å². The summed E-state index contributed by atoms with van der Waals surface area (Å²) in [4.78, 5) is 12.4. The molecule has 0 spiro atoms. The summed E-state index contributed by atoms with van der Waals surface area (Å²) in [6.07, 6.45) is 2.55. The van der Waals surface area contributed by atoms with Gasteiger partial charge in [-0.05, 0) is 26.7 Å². The van der Waals surface area contributed by atoms with Crippen molar-refractivity contribution in [3.05, 3.63) is 15.6 Å². The molecule has 1 aliphatic rings. The van der Waals surface area contributed by atoms with Gasteiger partial charge in [-0.2, -0.15) is 0 Å². The van der Waals surface area contributed by atoms with Crippen molar-refractivity contribution in [1.82, 2.24) is 15.2 Å². The van der Waals surface area contributed by atoms with Crippen LogP contribution in [0.5, 0.6) is 0 Å². The standard InChI is InChI=1S/C12H20N4S.HI/c1-9-11(17-10(2)15-9)8-14-12(13-3)16-6-4-5-7-16;/h4-8H2,1-3H3,(H,13,14);1H. The first-order valence-corrected chi connectivity index (χ1v) is 6.91. The monoisotopic (exact) mass is 380 g/mol. The van der Waals surface area contributed by atoms with E-state index < -0.39 is 0 Å². The molecule has 0 amide bonds. The molecule has 2 rings (SSSR count). The van der Waals surface area contributed by atoms with Crippen LogP contribution >= 0.6 is 35.3 Å². The predicted molar refractivity (Wildman–Crippen MR) is 88.0 cm³/mol. The number of rotatable bonds is 2. The van der Waals surface area contributed by atoms with Crippen LogP contribution in [0.15, 0.2) is 4.99 Å². The minimum absolute atomic E-state index is 0. The van der Waals surface area contributed by atoms with Crippen LogP contribution < -0.4 is 5.32 Å². The number of aromatic nitrogens is 1. The van der Waals surface area contributed by atoms with Crippen LogP contribution in [0.4, 0.5) is 0 Å². The zero-order valence-electron chi connectivity index (χ0n) is 11.2. The quantitative estimate of drug-likeness (QED) is 0.487. The highest BCUT2D eigenvalue weighted by atomic mass is 127. The number of hydrogen-bond acceptors (Lipinski definition) is 3. The maximum Gasteiger partial charge on any atom is 0.193 e. The van der Waals surface area contributed by atoms with Crippen molar-refractivity contribution in [2.75, 3.05) is 20.1 Å². The van der Waals surface area contributed by atoms with Gasteiger partial charge in [0.25, 0.3) is 0 Å². The molecule has 0 aliphatic carbocycles. The molecule has 1 fully saturated rings. The number of likely N-dealkylation sites (tertiary alicyclic amines) is 1. The Labute approximate surface area is 130 Å². The van der Waals surface area contributed by atoms with E-state index in [9.17, 15) is 0 Å². The highest BCUT2D eigenvalue weighted by Gasteiger charge is 2.15. The lowest BCUT2D eigenvalue weighted by molar-refractivity contribution is 0.494. The molecule has 1 aromatic heterocycles. The van der Waals surface area contributed by atoms with Gasteiger partial charge in [0.05, 0.1) is 17.2 Å². The minimum Gasteiger partial charge on any atom is -0.351 e. The maximum absolute atomic E-state index is 4.44. The number of nitrogens with one attached hydrogen (secondary N) is 1. The Morgan fingerprint density at radius 1 is 1.39 bits per heavy atom. The van der Waals surface area contributed by atoms with E-state index >= 15 is 0 Å². The minimum atomic E-state index is 0. The third-order valence-electron chi connectivity index (χ3n) is 3.02. The van der Waals surface area contributed by atoms with Crippen LogP contribution in [0.25, 0.3) is 0 Å². The summed E-state index contributed by atoms with van der Waals surface area (Å²) in [7, 11) is 1.85. The Morgan fingerprint density at radius 2 is 2.06 bits per heavy atom. The van der Waals surface area contributed by atoms with Gasteiger partial charge < -0.3 is 10.2 Å². The Hall–Kier alpha value is -0.370. The lowest BCUT2D eigenvalue weighted by atomic mass is 10.4. The molecule has 0 saturated carbocycles. The van der Waals surface area contributed by atoms with E-state index in [1.54, 1.807) is 11.3 Å². The normalized spacial score (nSPS) is 15.7.